The summed E-state index contributed by atoms with van der Waals surface area (Å²) in [5.41, 5.74) is 1.39. The van der Waals surface area contributed by atoms with Crippen LogP contribution >= 0.6 is 11.3 Å². The molecule has 0 saturated carbocycles. The van der Waals surface area contributed by atoms with Crippen LogP contribution in [0.1, 0.15) is 17.4 Å². The van der Waals surface area contributed by atoms with Crippen LogP contribution in [0.2, 0.25) is 0 Å². The van der Waals surface area contributed by atoms with E-state index in [1.165, 1.54) is 10.4 Å². The van der Waals surface area contributed by atoms with E-state index in [4.69, 9.17) is 0 Å². The van der Waals surface area contributed by atoms with Gasteiger partial charge in [-0.05, 0) is 23.9 Å². The van der Waals surface area contributed by atoms with E-state index in [1.807, 2.05) is 16.2 Å². The molecule has 1 fully saturated rings. The molecule has 0 radical (unpaired) electrons. The number of aryl methyl sites for hydroxylation is 1. The molecule has 88 valence electrons. The average molecular weight is 238 g/mol. The number of thiophene rings is 1. The topological polar surface area (TPSA) is 23.6 Å². The number of piperazine rings is 1. The van der Waals surface area contributed by atoms with Gasteiger partial charge in [-0.2, -0.15) is 0 Å². The van der Waals surface area contributed by atoms with Crippen molar-refractivity contribution in [3.63, 3.8) is 0 Å². The molecule has 1 aliphatic rings. The summed E-state index contributed by atoms with van der Waals surface area (Å²) in [6, 6.07) is 2.17. The quantitative estimate of drug-likeness (QED) is 0.783. The van der Waals surface area contributed by atoms with E-state index in [-0.39, 0.29) is 5.91 Å². The molecule has 2 heterocycles. The van der Waals surface area contributed by atoms with Crippen molar-refractivity contribution >= 4 is 17.2 Å². The van der Waals surface area contributed by atoms with Crippen molar-refractivity contribution in [2.75, 3.05) is 26.2 Å². The Morgan fingerprint density at radius 2 is 2.06 bits per heavy atom. The van der Waals surface area contributed by atoms with Crippen LogP contribution in [0.4, 0.5) is 0 Å². The molecule has 0 spiro atoms. The zero-order chi connectivity index (χ0) is 11.5. The number of nitrogens with zero attached hydrogens (tertiary/aromatic N) is 2. The Kier molecular flexibility index (Phi) is 3.61. The molecule has 3 nitrogen and oxygen atoms in total. The van der Waals surface area contributed by atoms with Gasteiger partial charge in [-0.3, -0.25) is 9.69 Å². The first kappa shape index (κ1) is 11.6. The molecule has 1 saturated heterocycles. The Labute approximate surface area is 101 Å². The van der Waals surface area contributed by atoms with Crippen LogP contribution in [0.15, 0.2) is 11.4 Å². The zero-order valence-corrected chi connectivity index (χ0v) is 10.7. The molecule has 0 aromatic carbocycles. The highest BCUT2D eigenvalue weighted by atomic mass is 32.1. The summed E-state index contributed by atoms with van der Waals surface area (Å²) < 4.78 is 0. The van der Waals surface area contributed by atoms with Gasteiger partial charge in [0.2, 0.25) is 5.91 Å². The maximum absolute atomic E-state index is 11.2. The highest BCUT2D eigenvalue weighted by Crippen LogP contribution is 2.18. The van der Waals surface area contributed by atoms with Crippen LogP contribution in [0.3, 0.4) is 0 Å². The van der Waals surface area contributed by atoms with Gasteiger partial charge in [0.1, 0.15) is 0 Å². The monoisotopic (exact) mass is 238 g/mol. The molecule has 1 amide bonds. The van der Waals surface area contributed by atoms with Gasteiger partial charge in [-0.1, -0.05) is 0 Å². The lowest BCUT2D eigenvalue weighted by Gasteiger charge is -2.34. The zero-order valence-electron chi connectivity index (χ0n) is 9.90. The summed E-state index contributed by atoms with van der Waals surface area (Å²) in [5.74, 6) is 0.201. The average Bonchev–Trinajstić information content (AvgIpc) is 2.65. The molecule has 1 aromatic rings. The van der Waals surface area contributed by atoms with Gasteiger partial charge in [0.05, 0.1) is 0 Å². The van der Waals surface area contributed by atoms with Gasteiger partial charge in [-0.15, -0.1) is 11.3 Å². The molecule has 2 rings (SSSR count). The lowest BCUT2D eigenvalue weighted by atomic mass is 10.2. The fourth-order valence-electron chi connectivity index (χ4n) is 1.99. The largest absolute Gasteiger partial charge is 0.340 e. The van der Waals surface area contributed by atoms with E-state index >= 15 is 0 Å². The first-order valence-electron chi connectivity index (χ1n) is 5.67. The second-order valence-electron chi connectivity index (χ2n) is 4.31. The number of rotatable bonds is 2. The van der Waals surface area contributed by atoms with E-state index in [2.05, 4.69) is 23.3 Å². The maximum Gasteiger partial charge on any atom is 0.219 e. The summed E-state index contributed by atoms with van der Waals surface area (Å²) >= 11 is 1.83. The Hall–Kier alpha value is -0.870. The van der Waals surface area contributed by atoms with Crippen LogP contribution in [0, 0.1) is 6.92 Å². The third kappa shape index (κ3) is 2.62. The number of hydrogen-bond donors (Lipinski definition) is 0. The van der Waals surface area contributed by atoms with Crippen molar-refractivity contribution in [3.8, 4) is 0 Å². The summed E-state index contributed by atoms with van der Waals surface area (Å²) in [4.78, 5) is 17.0. The third-order valence-corrected chi connectivity index (χ3v) is 4.16. The first-order valence-corrected chi connectivity index (χ1v) is 6.55. The maximum atomic E-state index is 11.2. The second-order valence-corrected chi connectivity index (χ2v) is 5.31. The minimum absolute atomic E-state index is 0.201. The Bertz CT molecular complexity index is 367. The fraction of sp³-hybridized carbons (Fsp3) is 0.583. The molecule has 1 aliphatic heterocycles. The minimum Gasteiger partial charge on any atom is -0.340 e. The minimum atomic E-state index is 0.201. The number of carbonyl (C=O) groups excluding carboxylic acids is 1. The van der Waals surface area contributed by atoms with Gasteiger partial charge >= 0.3 is 0 Å². The van der Waals surface area contributed by atoms with Crippen LogP contribution in [-0.2, 0) is 11.3 Å². The fourth-order valence-corrected chi connectivity index (χ4v) is 2.94. The lowest BCUT2D eigenvalue weighted by molar-refractivity contribution is -0.130. The molecule has 0 atom stereocenters. The Morgan fingerprint density at radius 1 is 1.38 bits per heavy atom. The van der Waals surface area contributed by atoms with Crippen LogP contribution < -0.4 is 0 Å². The lowest BCUT2D eigenvalue weighted by Crippen LogP contribution is -2.47. The SMILES string of the molecule is CC(=O)N1CCN(Cc2sccc2C)CC1. The van der Waals surface area contributed by atoms with Gasteiger partial charge in [0.25, 0.3) is 0 Å². The van der Waals surface area contributed by atoms with E-state index in [9.17, 15) is 4.79 Å². The van der Waals surface area contributed by atoms with Crippen molar-refractivity contribution in [3.05, 3.63) is 21.9 Å². The smallest absolute Gasteiger partial charge is 0.219 e. The molecular formula is C12H18N2OS. The van der Waals surface area contributed by atoms with E-state index in [0.717, 1.165) is 32.7 Å². The molecule has 0 bridgehead atoms. The van der Waals surface area contributed by atoms with Gasteiger partial charge < -0.3 is 4.90 Å². The predicted molar refractivity (Wildman–Crippen MR) is 66.6 cm³/mol. The molecule has 0 N–H and O–H groups in total. The number of amides is 1. The standard InChI is InChI=1S/C12H18N2OS/c1-10-3-8-16-12(10)9-13-4-6-14(7-5-13)11(2)15/h3,8H,4-7,9H2,1-2H3. The van der Waals surface area contributed by atoms with Crippen LogP contribution in [0.25, 0.3) is 0 Å². The van der Waals surface area contributed by atoms with Crippen molar-refractivity contribution in [1.82, 2.24) is 9.80 Å². The molecule has 1 aromatic heterocycles. The van der Waals surface area contributed by atoms with Crippen molar-refractivity contribution in [2.45, 2.75) is 20.4 Å². The van der Waals surface area contributed by atoms with Gasteiger partial charge in [0.15, 0.2) is 0 Å². The molecule has 16 heavy (non-hydrogen) atoms. The van der Waals surface area contributed by atoms with Crippen LogP contribution in [0.5, 0.6) is 0 Å². The van der Waals surface area contributed by atoms with E-state index in [1.54, 1.807) is 6.92 Å². The van der Waals surface area contributed by atoms with Crippen molar-refractivity contribution in [2.24, 2.45) is 0 Å². The van der Waals surface area contributed by atoms with Gasteiger partial charge in [0, 0.05) is 44.5 Å². The Balaban J connectivity index is 1.86. The van der Waals surface area contributed by atoms with E-state index in [0.29, 0.717) is 0 Å². The van der Waals surface area contributed by atoms with Crippen molar-refractivity contribution < 1.29 is 4.79 Å². The first-order chi connectivity index (χ1) is 7.66. The summed E-state index contributed by atoms with van der Waals surface area (Å²) in [5, 5.41) is 2.15. The molecule has 4 heteroatoms. The molecule has 0 unspecified atom stereocenters. The van der Waals surface area contributed by atoms with Crippen LogP contribution in [-0.4, -0.2) is 41.9 Å². The third-order valence-electron chi connectivity index (χ3n) is 3.15. The molecule has 0 aliphatic carbocycles. The summed E-state index contributed by atoms with van der Waals surface area (Å²) in [7, 11) is 0. The highest BCUT2D eigenvalue weighted by Gasteiger charge is 2.18. The van der Waals surface area contributed by atoms with E-state index < -0.39 is 0 Å². The predicted octanol–water partition coefficient (Wildman–Crippen LogP) is 1.72. The summed E-state index contributed by atoms with van der Waals surface area (Å²) in [6.07, 6.45) is 0. The molecular weight excluding hydrogens is 220 g/mol. The number of carbonyl (C=O) groups is 1. The number of hydrogen-bond acceptors (Lipinski definition) is 3. The van der Waals surface area contributed by atoms with Crippen molar-refractivity contribution in [1.29, 1.82) is 0 Å². The van der Waals surface area contributed by atoms with Gasteiger partial charge in [-0.25, -0.2) is 0 Å². The Morgan fingerprint density at radius 3 is 2.56 bits per heavy atom. The summed E-state index contributed by atoms with van der Waals surface area (Å²) in [6.45, 7) is 8.60. The second kappa shape index (κ2) is 4.97. The highest BCUT2D eigenvalue weighted by molar-refractivity contribution is 7.10. The normalized spacial score (nSPS) is 17.8.